The van der Waals surface area contributed by atoms with E-state index in [-0.39, 0.29) is 24.4 Å². The molecule has 16 nitrogen and oxygen atoms in total. The number of unbranched alkanes of at least 4 members (excludes halogenated alkanes) is 8. The molecule has 0 spiro atoms. The monoisotopic (exact) mass is 1080 g/mol. The number of hydrogen-bond acceptors (Lipinski definition) is 18. The van der Waals surface area contributed by atoms with Crippen LogP contribution in [-0.2, 0) is 18.9 Å². The lowest BCUT2D eigenvalue weighted by Gasteiger charge is -2.24. The normalized spacial score (nSPS) is 11.5. The summed E-state index contributed by atoms with van der Waals surface area (Å²) in [6.07, 6.45) is 17.5. The minimum absolute atomic E-state index is 0.111. The summed E-state index contributed by atoms with van der Waals surface area (Å²) in [4.78, 5) is 13.2. The van der Waals surface area contributed by atoms with Crippen LogP contribution in [0.3, 0.4) is 0 Å². The molecule has 0 aliphatic carbocycles. The zero-order chi connectivity index (χ0) is 56.4. The van der Waals surface area contributed by atoms with Crippen LogP contribution in [0.15, 0.2) is 0 Å². The molecule has 0 atom stereocenters. The lowest BCUT2D eigenvalue weighted by molar-refractivity contribution is 0.00977. The van der Waals surface area contributed by atoms with Gasteiger partial charge in [0.05, 0.1) is 50.8 Å². The van der Waals surface area contributed by atoms with Gasteiger partial charge in [0.1, 0.15) is 12.2 Å². The van der Waals surface area contributed by atoms with Crippen molar-refractivity contribution in [3.63, 3.8) is 0 Å². The highest BCUT2D eigenvalue weighted by Crippen LogP contribution is 2.05. The van der Waals surface area contributed by atoms with Crippen molar-refractivity contribution in [2.45, 2.75) is 155 Å². The maximum Gasteiger partial charge on any atom is 0.101 e. The van der Waals surface area contributed by atoms with E-state index < -0.39 is 12.2 Å². The molecule has 0 aliphatic heterocycles. The summed E-state index contributed by atoms with van der Waals surface area (Å²) < 4.78 is 18.5. The Labute approximate surface area is 455 Å². The van der Waals surface area contributed by atoms with Gasteiger partial charge in [0.2, 0.25) is 0 Å². The minimum atomic E-state index is -0.481. The lowest BCUT2D eigenvalue weighted by atomic mass is 10.2. The van der Waals surface area contributed by atoms with Crippen molar-refractivity contribution in [3.8, 4) is 0 Å². The van der Waals surface area contributed by atoms with Crippen LogP contribution >= 0.6 is 23.5 Å². The lowest BCUT2D eigenvalue weighted by Crippen LogP contribution is -2.38. The van der Waals surface area contributed by atoms with Gasteiger partial charge in [-0.3, -0.25) is 0 Å². The average Bonchev–Trinajstić information content (AvgIpc) is 3.31. The van der Waals surface area contributed by atoms with Crippen molar-refractivity contribution in [2.24, 2.45) is 0 Å². The van der Waals surface area contributed by atoms with Crippen molar-refractivity contribution in [2.75, 3.05) is 200 Å². The second-order valence-corrected chi connectivity index (χ2v) is 21.1. The van der Waals surface area contributed by atoms with Crippen LogP contribution in [0.5, 0.6) is 0 Å². The van der Waals surface area contributed by atoms with Gasteiger partial charge in [-0.05, 0) is 120 Å². The van der Waals surface area contributed by atoms with Crippen molar-refractivity contribution in [1.29, 1.82) is 0 Å². The molecular weight excluding hydrogens is 957 g/mol. The number of hydrogen-bond donors (Lipinski definition) is 6. The second-order valence-electron chi connectivity index (χ2n) is 19.2. The third-order valence-corrected chi connectivity index (χ3v) is 12.4. The van der Waals surface area contributed by atoms with E-state index in [4.69, 9.17) is 15.3 Å². The average molecular weight is 1080 g/mol. The molecule has 0 rings (SSSR count). The highest BCUT2D eigenvalue weighted by Gasteiger charge is 2.12. The number of aliphatic hydroxyl groups excluding tert-OH is 6. The number of methoxy groups -OCH3 is 4. The number of rotatable bonds is 42. The standard InChI is InChI=1S/C17H38N2O.C13H30N2O.C9H22N2O.2C5H12O3.C5H12OS2/c1-5-7-9-11-13-18(3)15-17(20)16-19(4)14-12-10-8-6-2;1-5-7-9-14(3)11-13(16)12-15(4)10-8-6-2;1-5-10(3)7-9(12)8-11(4)6-2;3*1-7-3-5(6)4-8-2/h17,20H,5-16H2,1-4H3;13,16H,5-12H2,1-4H3;9,12H,5-8H2,1-4H3;3*5-6H,3-4H2,1-2H3. The van der Waals surface area contributed by atoms with Crippen molar-refractivity contribution >= 4 is 23.5 Å². The first kappa shape index (κ1) is 83.4. The van der Waals surface area contributed by atoms with Gasteiger partial charge in [-0.1, -0.05) is 92.9 Å². The fourth-order valence-corrected chi connectivity index (χ4v) is 7.88. The number of thioether (sulfide) groups is 2. The largest absolute Gasteiger partial charge is 0.391 e. The van der Waals surface area contributed by atoms with Crippen molar-refractivity contribution in [1.82, 2.24) is 29.4 Å². The molecule has 0 saturated carbocycles. The Balaban J connectivity index is -0.000000189. The quantitative estimate of drug-likeness (QED) is 0.0405. The van der Waals surface area contributed by atoms with Crippen LogP contribution in [0.4, 0.5) is 0 Å². The molecule has 0 radical (unpaired) electrons. The third-order valence-electron chi connectivity index (χ3n) is 10.9. The van der Waals surface area contributed by atoms with Gasteiger partial charge in [0.25, 0.3) is 0 Å². The molecule has 0 aromatic heterocycles. The summed E-state index contributed by atoms with van der Waals surface area (Å²) in [7, 11) is 18.6. The third kappa shape index (κ3) is 76.6. The maximum absolute atomic E-state index is 10.1. The molecule has 0 amide bonds. The number of ether oxygens (including phenoxy) is 4. The molecule has 0 aromatic carbocycles. The van der Waals surface area contributed by atoms with Gasteiger partial charge >= 0.3 is 0 Å². The van der Waals surface area contributed by atoms with Gasteiger partial charge in [-0.15, -0.1) is 0 Å². The van der Waals surface area contributed by atoms with Gasteiger partial charge in [0.15, 0.2) is 0 Å². The van der Waals surface area contributed by atoms with Crippen molar-refractivity contribution < 1.29 is 49.6 Å². The summed E-state index contributed by atoms with van der Waals surface area (Å²) in [5.41, 5.74) is 0. The van der Waals surface area contributed by atoms with Crippen LogP contribution in [0.25, 0.3) is 0 Å². The molecule has 0 bridgehead atoms. The van der Waals surface area contributed by atoms with E-state index in [1.807, 2.05) is 26.6 Å². The Kier molecular flexibility index (Phi) is 77.8. The molecule has 18 heteroatoms. The zero-order valence-corrected chi connectivity index (χ0v) is 52.1. The van der Waals surface area contributed by atoms with Crippen LogP contribution in [0.1, 0.15) is 119 Å². The molecule has 72 heavy (non-hydrogen) atoms. The Bertz CT molecular complexity index is 872. The van der Waals surface area contributed by atoms with E-state index in [0.717, 1.165) is 90.0 Å². The Hall–Kier alpha value is 0.0600. The van der Waals surface area contributed by atoms with E-state index in [1.165, 1.54) is 77.0 Å². The van der Waals surface area contributed by atoms with Crippen LogP contribution in [-0.4, -0.2) is 296 Å². The molecule has 0 heterocycles. The molecule has 0 fully saturated rings. The topological polar surface area (TPSA) is 178 Å². The number of likely N-dealkylation sites (N-methyl/N-ethyl adjacent to an activating group) is 6. The highest BCUT2D eigenvalue weighted by molar-refractivity contribution is 7.99. The summed E-state index contributed by atoms with van der Waals surface area (Å²) in [6, 6.07) is 0. The summed E-state index contributed by atoms with van der Waals surface area (Å²) in [5, 5.41) is 56.2. The summed E-state index contributed by atoms with van der Waals surface area (Å²) in [6.45, 7) is 25.5. The number of nitrogens with zero attached hydrogens (tertiary/aromatic N) is 6. The minimum Gasteiger partial charge on any atom is -0.391 e. The second kappa shape index (κ2) is 67.2. The first-order chi connectivity index (χ1) is 34.2. The molecule has 0 aromatic rings. The van der Waals surface area contributed by atoms with Gasteiger partial charge in [-0.25, -0.2) is 0 Å². The van der Waals surface area contributed by atoms with E-state index in [9.17, 15) is 15.3 Å². The number of aliphatic hydroxyl groups is 6. The first-order valence-corrected chi connectivity index (χ1v) is 30.1. The van der Waals surface area contributed by atoms with Gasteiger partial charge < -0.3 is 79.0 Å². The Morgan fingerprint density at radius 3 is 0.764 bits per heavy atom. The first-order valence-electron chi connectivity index (χ1n) is 27.4. The zero-order valence-electron chi connectivity index (χ0n) is 50.5. The van der Waals surface area contributed by atoms with E-state index in [1.54, 1.807) is 52.0 Å². The molecule has 0 saturated heterocycles. The maximum atomic E-state index is 10.1. The van der Waals surface area contributed by atoms with Crippen LogP contribution in [0, 0.1) is 0 Å². The predicted octanol–water partition coefficient (Wildman–Crippen LogP) is 5.79. The van der Waals surface area contributed by atoms with Gasteiger partial charge in [0, 0.05) is 79.2 Å². The molecule has 6 N–H and O–H groups in total. The van der Waals surface area contributed by atoms with Crippen molar-refractivity contribution in [3.05, 3.63) is 0 Å². The van der Waals surface area contributed by atoms with E-state index in [2.05, 4.69) is 118 Å². The summed E-state index contributed by atoms with van der Waals surface area (Å²) in [5.74, 6) is 1.72. The molecular formula is C54H126N6O10S2. The van der Waals surface area contributed by atoms with Gasteiger partial charge in [-0.2, -0.15) is 23.5 Å². The fourth-order valence-electron chi connectivity index (χ4n) is 6.73. The Morgan fingerprint density at radius 2 is 0.556 bits per heavy atom. The molecule has 0 aliphatic rings. The molecule has 0 unspecified atom stereocenters. The van der Waals surface area contributed by atoms with E-state index >= 15 is 0 Å². The van der Waals surface area contributed by atoms with Crippen LogP contribution in [0.2, 0.25) is 0 Å². The Morgan fingerprint density at radius 1 is 0.319 bits per heavy atom. The predicted molar refractivity (Wildman–Crippen MR) is 315 cm³/mol. The van der Waals surface area contributed by atoms with Crippen LogP contribution < -0.4 is 0 Å². The van der Waals surface area contributed by atoms with E-state index in [0.29, 0.717) is 26.4 Å². The smallest absolute Gasteiger partial charge is 0.101 e. The SMILES string of the molecule is CCCCCCN(C)CC(O)CN(C)CCCCCC.CCCCN(C)CC(O)CN(C)CCCC.CCN(C)CC(O)CN(C)CC.COCC(O)COC.COCC(O)COC.CSCC(O)CSC. The molecule has 444 valence electrons. The summed E-state index contributed by atoms with van der Waals surface area (Å²) >= 11 is 3.37. The fraction of sp³-hybridized carbons (Fsp3) is 1.00. The highest BCUT2D eigenvalue weighted by atomic mass is 32.2.